The summed E-state index contributed by atoms with van der Waals surface area (Å²) in [7, 11) is 0. The van der Waals surface area contributed by atoms with Gasteiger partial charge in [0.25, 0.3) is 5.91 Å². The molecule has 0 radical (unpaired) electrons. The van der Waals surface area contributed by atoms with Gasteiger partial charge in [-0.1, -0.05) is 12.1 Å². The average molecular weight is 406 g/mol. The summed E-state index contributed by atoms with van der Waals surface area (Å²) in [5, 5.41) is 12.8. The van der Waals surface area contributed by atoms with Crippen LogP contribution >= 0.6 is 11.3 Å². The number of phenols is 1. The topological polar surface area (TPSA) is 94.5 Å². The summed E-state index contributed by atoms with van der Waals surface area (Å²) in [4.78, 5) is 16.4. The Kier molecular flexibility index (Phi) is 5.94. The molecule has 0 bridgehead atoms. The Labute approximate surface area is 161 Å². The lowest BCUT2D eigenvalue weighted by Crippen LogP contribution is -2.12. The molecule has 1 atom stereocenters. The van der Waals surface area contributed by atoms with Gasteiger partial charge in [-0.25, -0.2) is 9.37 Å². The van der Waals surface area contributed by atoms with E-state index in [0.717, 1.165) is 16.9 Å². The van der Waals surface area contributed by atoms with Crippen molar-refractivity contribution in [3.05, 3.63) is 65.6 Å². The van der Waals surface area contributed by atoms with Crippen molar-refractivity contribution in [1.29, 1.82) is 0 Å². The van der Waals surface area contributed by atoms with Gasteiger partial charge in [-0.3, -0.25) is 10.1 Å². The zero-order valence-electron chi connectivity index (χ0n) is 14.1. The van der Waals surface area contributed by atoms with Crippen molar-refractivity contribution in [2.24, 2.45) is 0 Å². The van der Waals surface area contributed by atoms with E-state index in [4.69, 9.17) is 4.74 Å². The first-order chi connectivity index (χ1) is 12.9. The van der Waals surface area contributed by atoms with E-state index < -0.39 is 17.1 Å². The number of carbonyl (C=O) groups is 1. The smallest absolute Gasteiger partial charge is 0.261 e. The van der Waals surface area contributed by atoms with Gasteiger partial charge in [0.15, 0.2) is 5.13 Å². The zero-order chi connectivity index (χ0) is 19.4. The molecule has 1 heterocycles. The van der Waals surface area contributed by atoms with Crippen molar-refractivity contribution in [3.63, 3.8) is 0 Å². The molecule has 3 aromatic rings. The summed E-state index contributed by atoms with van der Waals surface area (Å²) >= 11 is -0.0901. The predicted molar refractivity (Wildman–Crippen MR) is 101 cm³/mol. The molecular formula is C18H15FN2O4S2. The lowest BCUT2D eigenvalue weighted by atomic mass is 10.1. The molecule has 1 unspecified atom stereocenters. The molecule has 1 amide bonds. The van der Waals surface area contributed by atoms with E-state index in [1.807, 2.05) is 0 Å². The summed E-state index contributed by atoms with van der Waals surface area (Å²) in [5.74, 6) is -0.739. The highest BCUT2D eigenvalue weighted by atomic mass is 32.2. The number of nitrogens with zero attached hydrogens (tertiary/aromatic N) is 1. The number of hydrogen-bond acceptors (Lipinski definition) is 6. The molecule has 140 valence electrons. The molecule has 0 aliphatic rings. The van der Waals surface area contributed by atoms with Crippen LogP contribution < -0.4 is 10.1 Å². The minimum Gasteiger partial charge on any atom is -0.611 e. The van der Waals surface area contributed by atoms with Gasteiger partial charge >= 0.3 is 0 Å². The minimum absolute atomic E-state index is 0.0148. The number of rotatable bonds is 6. The second-order valence-electron chi connectivity index (χ2n) is 5.49. The van der Waals surface area contributed by atoms with Crippen molar-refractivity contribution in [2.75, 3.05) is 11.6 Å². The summed E-state index contributed by atoms with van der Waals surface area (Å²) in [6, 6.07) is 10.1. The van der Waals surface area contributed by atoms with Crippen molar-refractivity contribution >= 4 is 33.6 Å². The molecule has 0 spiro atoms. The third-order valence-electron chi connectivity index (χ3n) is 3.52. The van der Waals surface area contributed by atoms with E-state index in [1.165, 1.54) is 42.8 Å². The Morgan fingerprint density at radius 1 is 1.33 bits per heavy atom. The van der Waals surface area contributed by atoms with E-state index in [1.54, 1.807) is 12.1 Å². The summed E-state index contributed by atoms with van der Waals surface area (Å²) in [6.45, 7) is 0.185. The van der Waals surface area contributed by atoms with Crippen LogP contribution in [0.1, 0.15) is 15.9 Å². The third kappa shape index (κ3) is 4.97. The highest BCUT2D eigenvalue weighted by Gasteiger charge is 2.16. The molecule has 0 fully saturated rings. The number of aromatic nitrogens is 1. The van der Waals surface area contributed by atoms with Crippen LogP contribution in [0.2, 0.25) is 0 Å². The van der Waals surface area contributed by atoms with Gasteiger partial charge < -0.3 is 14.4 Å². The fraction of sp³-hybridized carbons (Fsp3) is 0.111. The number of amides is 1. The third-order valence-corrected chi connectivity index (χ3v) is 5.85. The van der Waals surface area contributed by atoms with Gasteiger partial charge in [0.2, 0.25) is 4.21 Å². The summed E-state index contributed by atoms with van der Waals surface area (Å²) < 4.78 is 30.5. The quantitative estimate of drug-likeness (QED) is 0.611. The van der Waals surface area contributed by atoms with E-state index in [9.17, 15) is 18.8 Å². The summed E-state index contributed by atoms with van der Waals surface area (Å²) in [6.07, 6.45) is 2.95. The molecule has 0 saturated carbocycles. The minimum atomic E-state index is -1.19. The van der Waals surface area contributed by atoms with Crippen molar-refractivity contribution < 1.29 is 23.6 Å². The SMILES string of the molecule is C[S+]([O-])c1cnc(NC(=O)c2cc(OCc3ccc(F)cc3)ccc2O)s1. The molecule has 6 nitrogen and oxygen atoms in total. The van der Waals surface area contributed by atoms with E-state index in [0.29, 0.717) is 9.96 Å². The molecule has 2 N–H and O–H groups in total. The molecular weight excluding hydrogens is 391 g/mol. The Morgan fingerprint density at radius 3 is 2.74 bits per heavy atom. The fourth-order valence-corrected chi connectivity index (χ4v) is 3.60. The number of benzene rings is 2. The van der Waals surface area contributed by atoms with Crippen LogP contribution in [0.15, 0.2) is 52.9 Å². The maximum Gasteiger partial charge on any atom is 0.261 e. The number of hydrogen-bond donors (Lipinski definition) is 2. The van der Waals surface area contributed by atoms with Crippen LogP contribution in [-0.4, -0.2) is 26.8 Å². The van der Waals surface area contributed by atoms with Gasteiger partial charge in [0.05, 0.1) is 11.8 Å². The Hall–Kier alpha value is -2.62. The number of halogens is 1. The Bertz CT molecular complexity index is 945. The number of aromatic hydroxyl groups is 1. The lowest BCUT2D eigenvalue weighted by Gasteiger charge is -2.09. The average Bonchev–Trinajstić information content (AvgIpc) is 3.11. The molecule has 0 saturated heterocycles. The van der Waals surface area contributed by atoms with Crippen molar-refractivity contribution in [3.8, 4) is 11.5 Å². The van der Waals surface area contributed by atoms with Gasteiger partial charge in [-0.15, -0.1) is 0 Å². The molecule has 3 rings (SSSR count). The standard InChI is InChI=1S/C18H15FN2O4S2/c1-27(24)16-9-20-18(26-16)21-17(23)14-8-13(6-7-15(14)22)25-10-11-2-4-12(19)5-3-11/h2-9,22H,10H2,1H3,(H,20,21,23). The van der Waals surface area contributed by atoms with Crippen LogP contribution in [0.5, 0.6) is 11.5 Å². The van der Waals surface area contributed by atoms with E-state index >= 15 is 0 Å². The number of nitrogens with one attached hydrogen (secondary N) is 1. The van der Waals surface area contributed by atoms with Crippen LogP contribution in [0, 0.1) is 5.82 Å². The highest BCUT2D eigenvalue weighted by Crippen LogP contribution is 2.27. The number of phenolic OH excluding ortho intramolecular Hbond substituents is 1. The van der Waals surface area contributed by atoms with Crippen LogP contribution in [0.25, 0.3) is 0 Å². The number of ether oxygens (including phenoxy) is 1. The van der Waals surface area contributed by atoms with Crippen molar-refractivity contribution in [2.45, 2.75) is 10.8 Å². The van der Waals surface area contributed by atoms with E-state index in [2.05, 4.69) is 10.3 Å². The first-order valence-corrected chi connectivity index (χ1v) is 10.1. The second kappa shape index (κ2) is 8.38. The Morgan fingerprint density at radius 2 is 2.07 bits per heavy atom. The van der Waals surface area contributed by atoms with Crippen LogP contribution in [-0.2, 0) is 17.8 Å². The van der Waals surface area contributed by atoms with Crippen molar-refractivity contribution in [1.82, 2.24) is 4.98 Å². The molecule has 2 aromatic carbocycles. The number of anilines is 1. The molecule has 27 heavy (non-hydrogen) atoms. The predicted octanol–water partition coefficient (Wildman–Crippen LogP) is 3.56. The van der Waals surface area contributed by atoms with Crippen LogP contribution in [0.3, 0.4) is 0 Å². The number of carbonyl (C=O) groups excluding carboxylic acids is 1. The monoisotopic (exact) mass is 406 g/mol. The maximum atomic E-state index is 12.9. The van der Waals surface area contributed by atoms with E-state index in [-0.39, 0.29) is 28.9 Å². The first-order valence-electron chi connectivity index (χ1n) is 7.73. The molecule has 0 aliphatic heterocycles. The van der Waals surface area contributed by atoms with Crippen LogP contribution in [0.4, 0.5) is 9.52 Å². The summed E-state index contributed by atoms with van der Waals surface area (Å²) in [5.41, 5.74) is 0.777. The second-order valence-corrected chi connectivity index (χ2v) is 8.12. The lowest BCUT2D eigenvalue weighted by molar-refractivity contribution is 0.102. The van der Waals surface area contributed by atoms with Gasteiger partial charge in [-0.05, 0) is 58.4 Å². The molecule has 9 heteroatoms. The number of thiazole rings is 1. The first kappa shape index (κ1) is 19.2. The highest BCUT2D eigenvalue weighted by molar-refractivity contribution is 7.92. The Balaban J connectivity index is 1.70. The van der Waals surface area contributed by atoms with Gasteiger partial charge in [0, 0.05) is 0 Å². The fourth-order valence-electron chi connectivity index (χ4n) is 2.15. The van der Waals surface area contributed by atoms with Gasteiger partial charge in [0.1, 0.15) is 30.2 Å². The maximum absolute atomic E-state index is 12.9. The molecule has 0 aliphatic carbocycles. The molecule has 1 aromatic heterocycles. The zero-order valence-corrected chi connectivity index (χ0v) is 15.8. The normalized spacial score (nSPS) is 11.8. The van der Waals surface area contributed by atoms with Gasteiger partial charge in [-0.2, -0.15) is 0 Å². The largest absolute Gasteiger partial charge is 0.611 e.